The molecule has 0 aliphatic heterocycles. The number of nitrogens with one attached hydrogen (secondary N) is 2. The monoisotopic (exact) mass is 463 g/mol. The van der Waals surface area contributed by atoms with E-state index in [-0.39, 0.29) is 24.3 Å². The van der Waals surface area contributed by atoms with Crippen molar-refractivity contribution in [3.8, 4) is 0 Å². The number of anilines is 1. The van der Waals surface area contributed by atoms with E-state index >= 15 is 0 Å². The Kier molecular flexibility index (Phi) is 7.47. The van der Waals surface area contributed by atoms with Gasteiger partial charge in [0.2, 0.25) is 5.91 Å². The number of hydrogen-bond donors (Lipinski definition) is 2. The van der Waals surface area contributed by atoms with Gasteiger partial charge < -0.3 is 19.5 Å². The van der Waals surface area contributed by atoms with Gasteiger partial charge in [-0.3, -0.25) is 19.3 Å². The summed E-state index contributed by atoms with van der Waals surface area (Å²) in [6.07, 6.45) is 7.67. The Hall–Kier alpha value is -3.81. The number of furan rings is 2. The van der Waals surface area contributed by atoms with Crippen LogP contribution in [-0.2, 0) is 16.0 Å². The Balaban J connectivity index is 1.63. The second-order valence-corrected chi connectivity index (χ2v) is 8.35. The number of aryl methyl sites for hydroxylation is 1. The van der Waals surface area contributed by atoms with Crippen molar-refractivity contribution < 1.29 is 23.2 Å². The van der Waals surface area contributed by atoms with Crippen LogP contribution in [0.4, 0.5) is 5.69 Å². The Morgan fingerprint density at radius 3 is 2.32 bits per heavy atom. The third-order valence-corrected chi connectivity index (χ3v) is 6.06. The van der Waals surface area contributed by atoms with Crippen LogP contribution >= 0.6 is 0 Å². The van der Waals surface area contributed by atoms with Gasteiger partial charge in [0.05, 0.1) is 19.1 Å². The Labute approximate surface area is 198 Å². The van der Waals surface area contributed by atoms with Gasteiger partial charge in [0, 0.05) is 11.7 Å². The third-order valence-electron chi connectivity index (χ3n) is 6.06. The number of benzene rings is 1. The van der Waals surface area contributed by atoms with Crippen LogP contribution in [0.1, 0.15) is 60.5 Å². The molecule has 1 saturated carbocycles. The van der Waals surface area contributed by atoms with Crippen molar-refractivity contribution in [2.75, 3.05) is 11.4 Å². The van der Waals surface area contributed by atoms with Crippen LogP contribution in [0.2, 0.25) is 0 Å². The molecule has 0 saturated heterocycles. The Morgan fingerprint density at radius 2 is 1.71 bits per heavy atom. The summed E-state index contributed by atoms with van der Waals surface area (Å²) in [6.45, 7) is 1.73. The van der Waals surface area contributed by atoms with Crippen molar-refractivity contribution in [3.05, 3.63) is 78.1 Å². The van der Waals surface area contributed by atoms with Gasteiger partial charge in [-0.25, -0.2) is 0 Å². The fourth-order valence-electron chi connectivity index (χ4n) is 4.24. The van der Waals surface area contributed by atoms with Gasteiger partial charge in [-0.05, 0) is 61.2 Å². The van der Waals surface area contributed by atoms with Gasteiger partial charge >= 0.3 is 0 Å². The quantitative estimate of drug-likeness (QED) is 0.499. The van der Waals surface area contributed by atoms with Crippen LogP contribution in [0.25, 0.3) is 0 Å². The molecule has 1 atom stereocenters. The van der Waals surface area contributed by atoms with Crippen molar-refractivity contribution in [3.63, 3.8) is 0 Å². The molecule has 3 aromatic rings. The molecule has 8 nitrogen and oxygen atoms in total. The van der Waals surface area contributed by atoms with Crippen molar-refractivity contribution in [2.45, 2.75) is 51.1 Å². The van der Waals surface area contributed by atoms with Gasteiger partial charge in [0.15, 0.2) is 11.8 Å². The summed E-state index contributed by atoms with van der Waals surface area (Å²) in [6, 6.07) is 13.0. The summed E-state index contributed by atoms with van der Waals surface area (Å²) >= 11 is 0. The van der Waals surface area contributed by atoms with Gasteiger partial charge in [0.1, 0.15) is 5.76 Å². The highest BCUT2D eigenvalue weighted by Crippen LogP contribution is 2.30. The topological polar surface area (TPSA) is 105 Å². The summed E-state index contributed by atoms with van der Waals surface area (Å²) < 4.78 is 10.7. The standard InChI is InChI=1S/C26H29N3O5/c1-2-18-11-13-20(14-12-18)29(23(30)17-27-25(31)22-10-6-16-34-22)24(21-9-5-15-33-21)26(32)28-19-7-3-4-8-19/h5-6,9-16,19,24H,2-4,7-8,17H2,1H3,(H,27,31)(H,28,32)/t24-/m0/s1. The molecule has 4 rings (SSSR count). The SMILES string of the molecule is CCc1ccc(N(C(=O)CNC(=O)c2ccco2)[C@H](C(=O)NC2CCCC2)c2ccco2)cc1. The number of carbonyl (C=O) groups excluding carboxylic acids is 3. The molecule has 1 fully saturated rings. The van der Waals surface area contributed by atoms with Gasteiger partial charge in [-0.15, -0.1) is 0 Å². The molecule has 8 heteroatoms. The zero-order valence-corrected chi connectivity index (χ0v) is 19.2. The molecule has 1 aromatic carbocycles. The van der Waals surface area contributed by atoms with E-state index in [1.807, 2.05) is 31.2 Å². The van der Waals surface area contributed by atoms with Gasteiger partial charge in [0.25, 0.3) is 11.8 Å². The van der Waals surface area contributed by atoms with Crippen LogP contribution in [0, 0.1) is 0 Å². The minimum atomic E-state index is -1.02. The average molecular weight is 464 g/mol. The largest absolute Gasteiger partial charge is 0.467 e. The van der Waals surface area contributed by atoms with E-state index in [0.717, 1.165) is 37.7 Å². The Morgan fingerprint density at radius 1 is 1.00 bits per heavy atom. The fraction of sp³-hybridized carbons (Fsp3) is 0.346. The first-order valence-corrected chi connectivity index (χ1v) is 11.6. The number of nitrogens with zero attached hydrogens (tertiary/aromatic N) is 1. The molecular formula is C26H29N3O5. The van der Waals surface area contributed by atoms with Crippen molar-refractivity contribution in [1.29, 1.82) is 0 Å². The molecular weight excluding hydrogens is 434 g/mol. The van der Waals surface area contributed by atoms with Gasteiger partial charge in [-0.2, -0.15) is 0 Å². The lowest BCUT2D eigenvalue weighted by atomic mass is 10.1. The number of carbonyl (C=O) groups is 3. The molecule has 34 heavy (non-hydrogen) atoms. The predicted molar refractivity (Wildman–Crippen MR) is 126 cm³/mol. The maximum atomic E-state index is 13.5. The molecule has 178 valence electrons. The molecule has 0 unspecified atom stereocenters. The number of hydrogen-bond acceptors (Lipinski definition) is 5. The summed E-state index contributed by atoms with van der Waals surface area (Å²) in [7, 11) is 0. The van der Waals surface area contributed by atoms with Crippen LogP contribution in [0.5, 0.6) is 0 Å². The van der Waals surface area contributed by atoms with Crippen LogP contribution in [0.3, 0.4) is 0 Å². The number of rotatable bonds is 9. The first-order valence-electron chi connectivity index (χ1n) is 11.6. The Bertz CT molecular complexity index is 1080. The molecule has 0 radical (unpaired) electrons. The fourth-order valence-corrected chi connectivity index (χ4v) is 4.24. The zero-order valence-electron chi connectivity index (χ0n) is 19.2. The minimum Gasteiger partial charge on any atom is -0.467 e. The second kappa shape index (κ2) is 10.9. The molecule has 0 bridgehead atoms. The molecule has 3 amide bonds. The van der Waals surface area contributed by atoms with Crippen LogP contribution in [-0.4, -0.2) is 30.3 Å². The maximum Gasteiger partial charge on any atom is 0.287 e. The molecule has 1 aliphatic rings. The van der Waals surface area contributed by atoms with Crippen LogP contribution < -0.4 is 15.5 Å². The van der Waals surface area contributed by atoms with E-state index in [1.54, 1.807) is 18.2 Å². The first-order chi connectivity index (χ1) is 16.6. The van der Waals surface area contributed by atoms with E-state index in [9.17, 15) is 14.4 Å². The van der Waals surface area contributed by atoms with E-state index in [0.29, 0.717) is 11.4 Å². The van der Waals surface area contributed by atoms with Gasteiger partial charge in [-0.1, -0.05) is 31.9 Å². The molecule has 2 N–H and O–H groups in total. The van der Waals surface area contributed by atoms with E-state index in [2.05, 4.69) is 10.6 Å². The maximum absolute atomic E-state index is 13.5. The van der Waals surface area contributed by atoms with Crippen molar-refractivity contribution in [1.82, 2.24) is 10.6 Å². The highest BCUT2D eigenvalue weighted by Gasteiger charge is 2.36. The lowest BCUT2D eigenvalue weighted by Gasteiger charge is -2.31. The molecule has 0 spiro atoms. The summed E-state index contributed by atoms with van der Waals surface area (Å²) in [5.74, 6) is -0.821. The number of amides is 3. The lowest BCUT2D eigenvalue weighted by Crippen LogP contribution is -2.49. The smallest absolute Gasteiger partial charge is 0.287 e. The summed E-state index contributed by atoms with van der Waals surface area (Å²) in [4.78, 5) is 40.7. The zero-order chi connectivity index (χ0) is 23.9. The highest BCUT2D eigenvalue weighted by molar-refractivity contribution is 6.04. The minimum absolute atomic E-state index is 0.0723. The van der Waals surface area contributed by atoms with Crippen molar-refractivity contribution >= 4 is 23.4 Å². The summed E-state index contributed by atoms with van der Waals surface area (Å²) in [5.41, 5.74) is 1.64. The van der Waals surface area contributed by atoms with E-state index < -0.39 is 17.9 Å². The van der Waals surface area contributed by atoms with E-state index in [4.69, 9.17) is 8.83 Å². The molecule has 2 heterocycles. The molecule has 2 aromatic heterocycles. The van der Waals surface area contributed by atoms with Crippen LogP contribution in [0.15, 0.2) is 69.9 Å². The molecule has 1 aliphatic carbocycles. The first kappa shape index (κ1) is 23.4. The second-order valence-electron chi connectivity index (χ2n) is 8.35. The lowest BCUT2D eigenvalue weighted by molar-refractivity contribution is -0.127. The predicted octanol–water partition coefficient (Wildman–Crippen LogP) is 4.00. The third kappa shape index (κ3) is 5.39. The normalized spacial score (nSPS) is 14.5. The van der Waals surface area contributed by atoms with E-state index in [1.165, 1.54) is 23.5 Å². The highest BCUT2D eigenvalue weighted by atomic mass is 16.3. The van der Waals surface area contributed by atoms with Crippen molar-refractivity contribution in [2.24, 2.45) is 0 Å². The summed E-state index contributed by atoms with van der Waals surface area (Å²) in [5, 5.41) is 5.67. The average Bonchev–Trinajstić information content (AvgIpc) is 3.64.